The topological polar surface area (TPSA) is 24.5 Å². The summed E-state index contributed by atoms with van der Waals surface area (Å²) >= 11 is 0. The molecule has 1 saturated carbocycles. The summed E-state index contributed by atoms with van der Waals surface area (Å²) in [6.45, 7) is 6.50. The largest absolute Gasteiger partial charge is 0.458 e. The molecule has 3 aliphatic heterocycles. The molecule has 0 aromatic heterocycles. The maximum atomic E-state index is 14.3. The Morgan fingerprint density at radius 1 is 1.06 bits per heavy atom. The van der Waals surface area contributed by atoms with Gasteiger partial charge < -0.3 is 15.0 Å². The van der Waals surface area contributed by atoms with Crippen molar-refractivity contribution in [1.29, 1.82) is 0 Å². The van der Waals surface area contributed by atoms with Gasteiger partial charge >= 0.3 is 0 Å². The van der Waals surface area contributed by atoms with E-state index in [9.17, 15) is 4.39 Å². The molecule has 0 radical (unpaired) electrons. The first-order chi connectivity index (χ1) is 17.4. The van der Waals surface area contributed by atoms with Crippen LogP contribution in [0, 0.1) is 5.92 Å². The second-order valence-corrected chi connectivity index (χ2v) is 11.0. The Hall–Kier alpha value is -3.27. The fourth-order valence-corrected chi connectivity index (χ4v) is 5.75. The van der Waals surface area contributed by atoms with Crippen LogP contribution in [0.15, 0.2) is 84.3 Å². The molecule has 0 amide bonds. The first-order valence-electron chi connectivity index (χ1n) is 13.3. The average Bonchev–Trinajstić information content (AvgIpc) is 3.47. The number of alkyl halides is 1. The number of rotatable bonds is 6. The van der Waals surface area contributed by atoms with Gasteiger partial charge in [0.25, 0.3) is 0 Å². The van der Waals surface area contributed by atoms with Gasteiger partial charge in [-0.25, -0.2) is 4.39 Å². The number of halogens is 1. The normalized spacial score (nSPS) is 23.6. The maximum absolute atomic E-state index is 14.3. The molecule has 1 N–H and O–H groups in total. The van der Waals surface area contributed by atoms with Crippen LogP contribution in [0.1, 0.15) is 63.1 Å². The van der Waals surface area contributed by atoms with Crippen molar-refractivity contribution in [2.75, 3.05) is 11.4 Å². The van der Waals surface area contributed by atoms with Gasteiger partial charge in [-0.2, -0.15) is 0 Å². The van der Waals surface area contributed by atoms with Gasteiger partial charge in [-0.15, -0.1) is 0 Å². The van der Waals surface area contributed by atoms with Gasteiger partial charge in [0, 0.05) is 29.4 Å². The van der Waals surface area contributed by atoms with Crippen molar-refractivity contribution in [2.45, 2.75) is 64.2 Å². The second kappa shape index (κ2) is 8.99. The van der Waals surface area contributed by atoms with Gasteiger partial charge in [0.1, 0.15) is 23.2 Å². The highest BCUT2D eigenvalue weighted by molar-refractivity contribution is 5.82. The summed E-state index contributed by atoms with van der Waals surface area (Å²) in [5, 5.41) is 3.41. The minimum atomic E-state index is -1.36. The smallest absolute Gasteiger partial charge is 0.138 e. The van der Waals surface area contributed by atoms with Crippen LogP contribution in [-0.4, -0.2) is 18.6 Å². The van der Waals surface area contributed by atoms with Crippen LogP contribution in [0.4, 0.5) is 10.1 Å². The summed E-state index contributed by atoms with van der Waals surface area (Å²) in [6, 6.07) is 16.9. The predicted molar refractivity (Wildman–Crippen MR) is 146 cm³/mol. The van der Waals surface area contributed by atoms with Crippen LogP contribution in [0.3, 0.4) is 0 Å². The molecule has 0 bridgehead atoms. The molecule has 2 aromatic carbocycles. The summed E-state index contributed by atoms with van der Waals surface area (Å²) in [6.07, 6.45) is 14.0. The Morgan fingerprint density at radius 3 is 2.56 bits per heavy atom. The van der Waals surface area contributed by atoms with Crippen LogP contribution in [-0.2, 0) is 10.4 Å². The lowest BCUT2D eigenvalue weighted by molar-refractivity contribution is 0.221. The molecule has 4 heteroatoms. The third-order valence-corrected chi connectivity index (χ3v) is 8.16. The van der Waals surface area contributed by atoms with Crippen LogP contribution >= 0.6 is 0 Å². The molecule has 3 nitrogen and oxygen atoms in total. The van der Waals surface area contributed by atoms with Gasteiger partial charge in [-0.05, 0) is 86.2 Å². The lowest BCUT2D eigenvalue weighted by Gasteiger charge is -2.30. The minimum absolute atomic E-state index is 0.0111. The minimum Gasteiger partial charge on any atom is -0.458 e. The Balaban J connectivity index is 1.26. The van der Waals surface area contributed by atoms with E-state index in [-0.39, 0.29) is 6.04 Å². The standard InChI is InChI=1S/C32H35FN2O/c1-4-26-18-24(21-7-5-8-21)20-35(26)27-10-6-9-23(17-27)28-15-16-34-29-19-30(36-31(28)29)22-11-13-25(14-12-22)32(2,3)33/h6,9-19,21,26,29,34H,4-5,7-8,20H2,1-3H3/t26-,29?/m0/s1. The van der Waals surface area contributed by atoms with Crippen molar-refractivity contribution in [1.82, 2.24) is 5.32 Å². The monoisotopic (exact) mass is 482 g/mol. The number of hydrogen-bond donors (Lipinski definition) is 1. The van der Waals surface area contributed by atoms with E-state index in [0.29, 0.717) is 11.6 Å². The molecule has 1 fully saturated rings. The lowest BCUT2D eigenvalue weighted by atomic mass is 9.80. The molecule has 0 saturated heterocycles. The van der Waals surface area contributed by atoms with E-state index in [4.69, 9.17) is 4.74 Å². The van der Waals surface area contributed by atoms with E-state index >= 15 is 0 Å². The molecule has 4 aliphatic rings. The molecule has 1 unspecified atom stereocenters. The lowest BCUT2D eigenvalue weighted by Crippen LogP contribution is -2.30. The van der Waals surface area contributed by atoms with Gasteiger partial charge in [-0.3, -0.25) is 0 Å². The highest BCUT2D eigenvalue weighted by Crippen LogP contribution is 2.41. The number of ether oxygens (including phenoxy) is 1. The Labute approximate surface area is 214 Å². The number of nitrogens with zero attached hydrogens (tertiary/aromatic N) is 1. The van der Waals surface area contributed by atoms with E-state index < -0.39 is 5.67 Å². The molecule has 2 atom stereocenters. The number of dihydropyridines is 1. The quantitative estimate of drug-likeness (QED) is 0.432. The van der Waals surface area contributed by atoms with E-state index in [0.717, 1.165) is 41.5 Å². The van der Waals surface area contributed by atoms with E-state index in [2.05, 4.69) is 59.6 Å². The van der Waals surface area contributed by atoms with Crippen molar-refractivity contribution in [3.8, 4) is 0 Å². The fraction of sp³-hybridized carbons (Fsp3) is 0.375. The van der Waals surface area contributed by atoms with Crippen molar-refractivity contribution in [3.05, 3.63) is 101 Å². The third-order valence-electron chi connectivity index (χ3n) is 8.16. The van der Waals surface area contributed by atoms with Crippen LogP contribution in [0.25, 0.3) is 11.3 Å². The zero-order chi connectivity index (χ0) is 24.9. The number of anilines is 1. The first kappa shape index (κ1) is 23.1. The molecule has 36 heavy (non-hydrogen) atoms. The van der Waals surface area contributed by atoms with Crippen molar-refractivity contribution in [2.24, 2.45) is 5.92 Å². The molecule has 1 aliphatic carbocycles. The summed E-state index contributed by atoms with van der Waals surface area (Å²) in [4.78, 5) is 2.57. The van der Waals surface area contributed by atoms with Gasteiger partial charge in [0.15, 0.2) is 0 Å². The number of nitrogens with one attached hydrogen (secondary N) is 1. The second-order valence-electron chi connectivity index (χ2n) is 11.0. The third kappa shape index (κ3) is 4.17. The summed E-state index contributed by atoms with van der Waals surface area (Å²) < 4.78 is 20.7. The summed E-state index contributed by atoms with van der Waals surface area (Å²) in [7, 11) is 0. The van der Waals surface area contributed by atoms with E-state index in [1.54, 1.807) is 19.4 Å². The van der Waals surface area contributed by atoms with Gasteiger partial charge in [0.05, 0.1) is 0 Å². The number of fused-ring (bicyclic) bond motifs is 1. The summed E-state index contributed by atoms with van der Waals surface area (Å²) in [5.41, 5.74) is 5.45. The number of hydrogen-bond acceptors (Lipinski definition) is 3. The molecule has 2 aromatic rings. The van der Waals surface area contributed by atoms with Crippen molar-refractivity contribution >= 4 is 17.0 Å². The molecule has 3 heterocycles. The van der Waals surface area contributed by atoms with Crippen molar-refractivity contribution < 1.29 is 9.13 Å². The van der Waals surface area contributed by atoms with E-state index in [1.807, 2.05) is 30.5 Å². The van der Waals surface area contributed by atoms with Crippen molar-refractivity contribution in [3.63, 3.8) is 0 Å². The maximum Gasteiger partial charge on any atom is 0.138 e. The molecule has 6 rings (SSSR count). The predicted octanol–water partition coefficient (Wildman–Crippen LogP) is 7.48. The Kier molecular flexibility index (Phi) is 5.78. The zero-order valence-corrected chi connectivity index (χ0v) is 21.4. The number of allylic oxidation sites excluding steroid dienone is 2. The zero-order valence-electron chi connectivity index (χ0n) is 21.4. The van der Waals surface area contributed by atoms with E-state index in [1.165, 1.54) is 30.5 Å². The highest BCUT2D eigenvalue weighted by Gasteiger charge is 2.32. The van der Waals surface area contributed by atoms with Crippen LogP contribution in [0.2, 0.25) is 0 Å². The van der Waals surface area contributed by atoms with Crippen LogP contribution < -0.4 is 10.2 Å². The SMILES string of the molecule is CC[C@H]1C=C(C2CCC2)CN1c1cccc(C2=C3OC(c4ccc(C(C)(C)F)cc4)=CC3NC=C2)c1. The molecule has 0 spiro atoms. The highest BCUT2D eigenvalue weighted by atomic mass is 19.1. The molecular weight excluding hydrogens is 447 g/mol. The first-order valence-corrected chi connectivity index (χ1v) is 13.3. The molecular formula is C32H35FN2O. The fourth-order valence-electron chi connectivity index (χ4n) is 5.75. The average molecular weight is 483 g/mol. The van der Waals surface area contributed by atoms with Crippen LogP contribution in [0.5, 0.6) is 0 Å². The Morgan fingerprint density at radius 2 is 1.86 bits per heavy atom. The Bertz CT molecular complexity index is 1270. The number of benzene rings is 2. The van der Waals surface area contributed by atoms with Gasteiger partial charge in [-0.1, -0.05) is 55.8 Å². The molecule has 186 valence electrons. The van der Waals surface area contributed by atoms with Gasteiger partial charge in [0.2, 0.25) is 0 Å². The summed E-state index contributed by atoms with van der Waals surface area (Å²) in [5.74, 6) is 2.52.